The van der Waals surface area contributed by atoms with Crippen LogP contribution in [0.15, 0.2) is 17.2 Å². The van der Waals surface area contributed by atoms with Crippen LogP contribution in [0.4, 0.5) is 5.82 Å². The lowest BCUT2D eigenvalue weighted by molar-refractivity contribution is 0.174. The normalized spacial score (nSPS) is 11.0. The molecule has 98 valence electrons. The van der Waals surface area contributed by atoms with Crippen LogP contribution in [0.1, 0.15) is 11.7 Å². The molecule has 19 heavy (non-hydrogen) atoms. The molecule has 3 aromatic heterocycles. The van der Waals surface area contributed by atoms with E-state index < -0.39 is 0 Å². The summed E-state index contributed by atoms with van der Waals surface area (Å²) in [5, 5.41) is 6.85. The molecule has 0 radical (unpaired) electrons. The monoisotopic (exact) mass is 261 g/mol. The number of aromatic nitrogens is 6. The van der Waals surface area contributed by atoms with Crippen molar-refractivity contribution in [3.63, 3.8) is 0 Å². The van der Waals surface area contributed by atoms with Crippen molar-refractivity contribution in [3.8, 4) is 0 Å². The van der Waals surface area contributed by atoms with Gasteiger partial charge in [-0.2, -0.15) is 4.98 Å². The van der Waals surface area contributed by atoms with Crippen molar-refractivity contribution in [2.45, 2.75) is 13.2 Å². The van der Waals surface area contributed by atoms with Crippen LogP contribution in [-0.4, -0.2) is 37.2 Å². The average Bonchev–Trinajstić information content (AvgIpc) is 3.05. The number of aromatic amines is 1. The Balaban J connectivity index is 1.73. The Labute approximate surface area is 107 Å². The zero-order valence-corrected chi connectivity index (χ0v) is 10.1. The van der Waals surface area contributed by atoms with Gasteiger partial charge in [0.15, 0.2) is 17.3 Å². The van der Waals surface area contributed by atoms with Crippen LogP contribution >= 0.6 is 0 Å². The Morgan fingerprint density at radius 1 is 1.37 bits per heavy atom. The maximum Gasteiger partial charge on any atom is 0.246 e. The average molecular weight is 261 g/mol. The minimum absolute atomic E-state index is 0.321. The van der Waals surface area contributed by atoms with Gasteiger partial charge in [-0.05, 0) is 0 Å². The van der Waals surface area contributed by atoms with Gasteiger partial charge >= 0.3 is 0 Å². The number of ether oxygens (including phenoxy) is 1. The second-order valence-electron chi connectivity index (χ2n) is 3.71. The Kier molecular flexibility index (Phi) is 3.02. The predicted molar refractivity (Wildman–Crippen MR) is 64.0 cm³/mol. The van der Waals surface area contributed by atoms with Gasteiger partial charge in [-0.25, -0.2) is 15.0 Å². The van der Waals surface area contributed by atoms with E-state index >= 15 is 0 Å². The fourth-order valence-corrected chi connectivity index (χ4v) is 1.61. The molecule has 0 saturated heterocycles. The van der Waals surface area contributed by atoms with Gasteiger partial charge < -0.3 is 19.6 Å². The third kappa shape index (κ3) is 2.36. The quantitative estimate of drug-likeness (QED) is 0.682. The number of anilines is 1. The summed E-state index contributed by atoms with van der Waals surface area (Å²) in [6.45, 7) is 0.684. The van der Waals surface area contributed by atoms with Crippen molar-refractivity contribution in [1.82, 2.24) is 30.1 Å². The van der Waals surface area contributed by atoms with E-state index in [0.717, 1.165) is 5.52 Å². The van der Waals surface area contributed by atoms with E-state index in [4.69, 9.17) is 9.26 Å². The molecule has 0 saturated carbocycles. The Morgan fingerprint density at radius 3 is 3.21 bits per heavy atom. The number of nitrogens with zero attached hydrogens (tertiary/aromatic N) is 5. The van der Waals surface area contributed by atoms with E-state index in [9.17, 15) is 0 Å². The zero-order valence-electron chi connectivity index (χ0n) is 10.1. The van der Waals surface area contributed by atoms with Gasteiger partial charge in [0.05, 0.1) is 12.9 Å². The van der Waals surface area contributed by atoms with E-state index in [-0.39, 0.29) is 0 Å². The number of hydrogen-bond donors (Lipinski definition) is 2. The topological polar surface area (TPSA) is 115 Å². The van der Waals surface area contributed by atoms with Crippen LogP contribution < -0.4 is 5.32 Å². The molecule has 9 heteroatoms. The first kappa shape index (κ1) is 11.5. The number of nitrogens with one attached hydrogen (secondary N) is 2. The molecular formula is C10H11N7O2. The Morgan fingerprint density at radius 2 is 2.32 bits per heavy atom. The largest absolute Gasteiger partial charge is 0.377 e. The molecule has 0 spiro atoms. The Bertz CT molecular complexity index is 677. The molecular weight excluding hydrogens is 250 g/mol. The highest BCUT2D eigenvalue weighted by Crippen LogP contribution is 2.15. The SMILES string of the molecule is COCc1noc(CNc2ncnc3nc[nH]c23)n1. The van der Waals surface area contributed by atoms with E-state index in [1.165, 1.54) is 6.33 Å². The molecule has 2 N–H and O–H groups in total. The van der Waals surface area contributed by atoms with Gasteiger partial charge in [-0.1, -0.05) is 5.16 Å². The van der Waals surface area contributed by atoms with Crippen LogP contribution in [0.3, 0.4) is 0 Å². The molecule has 9 nitrogen and oxygen atoms in total. The molecule has 0 aliphatic rings. The lowest BCUT2D eigenvalue weighted by Gasteiger charge is -2.01. The second kappa shape index (κ2) is 4.98. The molecule has 0 fully saturated rings. The highest BCUT2D eigenvalue weighted by molar-refractivity contribution is 5.81. The number of methoxy groups -OCH3 is 1. The van der Waals surface area contributed by atoms with Gasteiger partial charge in [-0.15, -0.1) is 0 Å². The van der Waals surface area contributed by atoms with Gasteiger partial charge in [0, 0.05) is 7.11 Å². The first-order valence-corrected chi connectivity index (χ1v) is 5.55. The molecule has 3 heterocycles. The minimum atomic E-state index is 0.321. The number of H-pyrrole nitrogens is 1. The summed E-state index contributed by atoms with van der Waals surface area (Å²) in [5.41, 5.74) is 1.34. The number of fused-ring (bicyclic) bond motifs is 1. The lowest BCUT2D eigenvalue weighted by Crippen LogP contribution is -2.03. The summed E-state index contributed by atoms with van der Waals surface area (Å²) in [5.74, 6) is 1.60. The zero-order chi connectivity index (χ0) is 13.1. The highest BCUT2D eigenvalue weighted by atomic mass is 16.5. The summed E-state index contributed by atoms with van der Waals surface area (Å²) < 4.78 is 9.97. The molecule has 0 amide bonds. The van der Waals surface area contributed by atoms with Crippen molar-refractivity contribution in [2.24, 2.45) is 0 Å². The first-order valence-electron chi connectivity index (χ1n) is 5.55. The van der Waals surface area contributed by atoms with E-state index in [0.29, 0.717) is 36.3 Å². The second-order valence-corrected chi connectivity index (χ2v) is 3.71. The number of hydrogen-bond acceptors (Lipinski definition) is 8. The van der Waals surface area contributed by atoms with Gasteiger partial charge in [0.1, 0.15) is 18.5 Å². The lowest BCUT2D eigenvalue weighted by atomic mass is 10.5. The molecule has 0 aliphatic carbocycles. The third-order valence-electron chi connectivity index (χ3n) is 2.41. The molecule has 0 atom stereocenters. The van der Waals surface area contributed by atoms with Crippen LogP contribution in [0.5, 0.6) is 0 Å². The van der Waals surface area contributed by atoms with Crippen LogP contribution in [0.2, 0.25) is 0 Å². The molecule has 3 aromatic rings. The number of imidazole rings is 1. The molecule has 3 rings (SSSR count). The van der Waals surface area contributed by atoms with Crippen LogP contribution in [0.25, 0.3) is 11.2 Å². The standard InChI is InChI=1S/C10H11N7O2/c1-18-3-6-16-7(19-17-6)2-11-9-8-10(13-4-12-8)15-5-14-9/h4-5H,2-3H2,1H3,(H2,11,12,13,14,15). The Hall–Kier alpha value is -2.55. The molecule has 0 aliphatic heterocycles. The van der Waals surface area contributed by atoms with Crippen LogP contribution in [-0.2, 0) is 17.9 Å². The van der Waals surface area contributed by atoms with Gasteiger partial charge in [0.2, 0.25) is 5.89 Å². The van der Waals surface area contributed by atoms with E-state index in [1.54, 1.807) is 13.4 Å². The smallest absolute Gasteiger partial charge is 0.246 e. The van der Waals surface area contributed by atoms with Crippen molar-refractivity contribution < 1.29 is 9.26 Å². The predicted octanol–water partition coefficient (Wildman–Crippen LogP) is 0.494. The summed E-state index contributed by atoms with van der Waals surface area (Å²) in [6, 6.07) is 0. The van der Waals surface area contributed by atoms with Gasteiger partial charge in [0.25, 0.3) is 0 Å². The molecule has 0 unspecified atom stereocenters. The highest BCUT2D eigenvalue weighted by Gasteiger charge is 2.09. The first-order chi connectivity index (χ1) is 9.36. The molecule has 0 bridgehead atoms. The van der Waals surface area contributed by atoms with Crippen molar-refractivity contribution >= 4 is 17.0 Å². The maximum absolute atomic E-state index is 5.06. The number of rotatable bonds is 5. The fourth-order valence-electron chi connectivity index (χ4n) is 1.61. The van der Waals surface area contributed by atoms with E-state index in [1.807, 2.05) is 0 Å². The summed E-state index contributed by atoms with van der Waals surface area (Å²) in [4.78, 5) is 19.3. The minimum Gasteiger partial charge on any atom is -0.377 e. The van der Waals surface area contributed by atoms with Crippen molar-refractivity contribution in [3.05, 3.63) is 24.4 Å². The molecule has 0 aromatic carbocycles. The summed E-state index contributed by atoms with van der Waals surface area (Å²) in [7, 11) is 1.57. The van der Waals surface area contributed by atoms with E-state index in [2.05, 4.69) is 35.4 Å². The summed E-state index contributed by atoms with van der Waals surface area (Å²) in [6.07, 6.45) is 3.00. The van der Waals surface area contributed by atoms with Gasteiger partial charge in [-0.3, -0.25) is 0 Å². The fraction of sp³-hybridized carbons (Fsp3) is 0.300. The van der Waals surface area contributed by atoms with Crippen LogP contribution in [0, 0.1) is 0 Å². The third-order valence-corrected chi connectivity index (χ3v) is 2.41. The summed E-state index contributed by atoms with van der Waals surface area (Å²) >= 11 is 0. The maximum atomic E-state index is 5.06. The van der Waals surface area contributed by atoms with Crippen molar-refractivity contribution in [1.29, 1.82) is 0 Å². The van der Waals surface area contributed by atoms with Crippen molar-refractivity contribution in [2.75, 3.05) is 12.4 Å².